The molecule has 21 heavy (non-hydrogen) atoms. The molecule has 1 fully saturated rings. The van der Waals surface area contributed by atoms with Gasteiger partial charge < -0.3 is 9.26 Å². The maximum atomic E-state index is 5.63. The fourth-order valence-electron chi connectivity index (χ4n) is 2.87. The van der Waals surface area contributed by atoms with E-state index in [-0.39, 0.29) is 6.04 Å². The van der Waals surface area contributed by atoms with Crippen molar-refractivity contribution in [2.75, 3.05) is 40.3 Å². The minimum absolute atomic E-state index is 0.177. The maximum absolute atomic E-state index is 5.63. The molecule has 2 unspecified atom stereocenters. The first kappa shape index (κ1) is 16.4. The number of aryl methyl sites for hydroxylation is 1. The van der Waals surface area contributed by atoms with Crippen LogP contribution in [0.5, 0.6) is 0 Å². The second kappa shape index (κ2) is 7.33. The topological polar surface area (TPSA) is 54.6 Å². The third kappa shape index (κ3) is 4.49. The lowest BCUT2D eigenvalue weighted by molar-refractivity contribution is 0.0139. The van der Waals surface area contributed by atoms with Gasteiger partial charge in [-0.1, -0.05) is 19.0 Å². The van der Waals surface area contributed by atoms with Gasteiger partial charge in [-0.2, -0.15) is 4.98 Å². The van der Waals surface area contributed by atoms with Crippen molar-refractivity contribution in [1.29, 1.82) is 0 Å². The zero-order chi connectivity index (χ0) is 15.4. The van der Waals surface area contributed by atoms with Gasteiger partial charge in [-0.15, -0.1) is 0 Å². The number of hydrogen-bond donors (Lipinski definition) is 0. The fourth-order valence-corrected chi connectivity index (χ4v) is 2.87. The van der Waals surface area contributed by atoms with E-state index in [0.29, 0.717) is 17.8 Å². The largest absolute Gasteiger partial charge is 0.380 e. The molecule has 1 saturated heterocycles. The van der Waals surface area contributed by atoms with Gasteiger partial charge in [-0.25, -0.2) is 0 Å². The van der Waals surface area contributed by atoms with E-state index in [1.54, 1.807) is 0 Å². The monoisotopic (exact) mass is 296 g/mol. The van der Waals surface area contributed by atoms with Crippen molar-refractivity contribution in [3.63, 3.8) is 0 Å². The van der Waals surface area contributed by atoms with Crippen LogP contribution in [0.3, 0.4) is 0 Å². The van der Waals surface area contributed by atoms with Gasteiger partial charge in [0, 0.05) is 33.3 Å². The van der Waals surface area contributed by atoms with E-state index < -0.39 is 0 Å². The number of hydrogen-bond acceptors (Lipinski definition) is 6. The summed E-state index contributed by atoms with van der Waals surface area (Å²) in [6, 6.07) is 0.177. The summed E-state index contributed by atoms with van der Waals surface area (Å²) in [5, 5.41) is 3.91. The Morgan fingerprint density at radius 1 is 1.38 bits per heavy atom. The first-order valence-electron chi connectivity index (χ1n) is 7.75. The molecule has 0 saturated carbocycles. The van der Waals surface area contributed by atoms with Gasteiger partial charge in [0.25, 0.3) is 0 Å². The number of rotatable bonds is 6. The van der Waals surface area contributed by atoms with E-state index in [9.17, 15) is 0 Å². The van der Waals surface area contributed by atoms with Crippen LogP contribution in [0.2, 0.25) is 0 Å². The minimum atomic E-state index is 0.177. The molecule has 6 nitrogen and oxygen atoms in total. The van der Waals surface area contributed by atoms with E-state index >= 15 is 0 Å². The number of ether oxygens (including phenoxy) is 1. The van der Waals surface area contributed by atoms with E-state index in [0.717, 1.165) is 38.5 Å². The normalized spacial score (nSPS) is 22.9. The summed E-state index contributed by atoms with van der Waals surface area (Å²) >= 11 is 0. The molecule has 0 spiro atoms. The van der Waals surface area contributed by atoms with E-state index in [4.69, 9.17) is 9.26 Å². The van der Waals surface area contributed by atoms with Crippen LogP contribution < -0.4 is 0 Å². The molecule has 2 atom stereocenters. The number of aromatic nitrogens is 2. The van der Waals surface area contributed by atoms with Crippen LogP contribution >= 0.6 is 0 Å². The highest BCUT2D eigenvalue weighted by Crippen LogP contribution is 2.23. The molecule has 0 radical (unpaired) electrons. The van der Waals surface area contributed by atoms with Gasteiger partial charge in [0.15, 0.2) is 5.82 Å². The molecule has 0 amide bonds. The molecule has 0 N–H and O–H groups in total. The molecular weight excluding hydrogens is 268 g/mol. The first-order valence-corrected chi connectivity index (χ1v) is 7.75. The molecule has 1 aliphatic heterocycles. The Hall–Kier alpha value is -0.980. The molecule has 1 aromatic heterocycles. The number of piperazine rings is 1. The second-order valence-corrected chi connectivity index (χ2v) is 6.42. The fraction of sp³-hybridized carbons (Fsp3) is 0.867. The van der Waals surface area contributed by atoms with Crippen molar-refractivity contribution in [3.8, 4) is 0 Å². The quantitative estimate of drug-likeness (QED) is 0.797. The predicted octanol–water partition coefficient (Wildman–Crippen LogP) is 1.73. The van der Waals surface area contributed by atoms with Gasteiger partial charge in [0.2, 0.25) is 5.89 Å². The summed E-state index contributed by atoms with van der Waals surface area (Å²) in [4.78, 5) is 9.12. The Balaban J connectivity index is 1.96. The lowest BCUT2D eigenvalue weighted by Crippen LogP contribution is -2.49. The molecule has 0 aliphatic carbocycles. The van der Waals surface area contributed by atoms with Crippen molar-refractivity contribution < 1.29 is 9.26 Å². The molecule has 0 bridgehead atoms. The number of likely N-dealkylation sites (N-methyl/N-ethyl adjacent to an activating group) is 1. The SMILES string of the molecule is COC(CC(C)C)CN1CCN(C)C(c2nc(C)no2)C1. The molecule has 2 rings (SSSR count). The zero-order valence-corrected chi connectivity index (χ0v) is 13.9. The average molecular weight is 296 g/mol. The molecule has 1 aliphatic rings. The predicted molar refractivity (Wildman–Crippen MR) is 81.1 cm³/mol. The highest BCUT2D eigenvalue weighted by Gasteiger charge is 2.30. The minimum Gasteiger partial charge on any atom is -0.380 e. The maximum Gasteiger partial charge on any atom is 0.245 e. The molecule has 2 heterocycles. The van der Waals surface area contributed by atoms with Crippen molar-refractivity contribution in [3.05, 3.63) is 11.7 Å². The number of nitrogens with zero attached hydrogens (tertiary/aromatic N) is 4. The van der Waals surface area contributed by atoms with Crippen LogP contribution in [0.1, 0.15) is 38.0 Å². The van der Waals surface area contributed by atoms with Crippen LogP contribution in [0.4, 0.5) is 0 Å². The van der Waals surface area contributed by atoms with Crippen molar-refractivity contribution in [1.82, 2.24) is 19.9 Å². The highest BCUT2D eigenvalue weighted by atomic mass is 16.5. The van der Waals surface area contributed by atoms with Crippen LogP contribution in [0, 0.1) is 12.8 Å². The molecule has 1 aromatic rings. The summed E-state index contributed by atoms with van der Waals surface area (Å²) in [6.07, 6.45) is 1.38. The first-order chi connectivity index (χ1) is 9.99. The molecular formula is C15H28N4O2. The Labute approximate surface area is 127 Å². The van der Waals surface area contributed by atoms with Gasteiger partial charge in [0.05, 0.1) is 6.10 Å². The summed E-state index contributed by atoms with van der Waals surface area (Å²) in [5.41, 5.74) is 0. The average Bonchev–Trinajstić information content (AvgIpc) is 2.86. The van der Waals surface area contributed by atoms with E-state index in [1.165, 1.54) is 0 Å². The van der Waals surface area contributed by atoms with E-state index in [1.807, 2.05) is 14.0 Å². The summed E-state index contributed by atoms with van der Waals surface area (Å²) < 4.78 is 11.0. The van der Waals surface area contributed by atoms with Gasteiger partial charge >= 0.3 is 0 Å². The van der Waals surface area contributed by atoms with Gasteiger partial charge in [0.1, 0.15) is 6.04 Å². The lowest BCUT2D eigenvalue weighted by atomic mass is 10.0. The van der Waals surface area contributed by atoms with Crippen LogP contribution in [-0.2, 0) is 4.74 Å². The Bertz CT molecular complexity index is 435. The Kier molecular flexibility index (Phi) is 5.72. The standard InChI is InChI=1S/C15H28N4O2/c1-11(2)8-13(20-5)9-19-7-6-18(4)14(10-19)15-16-12(3)17-21-15/h11,13-14H,6-10H2,1-5H3. The third-order valence-corrected chi connectivity index (χ3v) is 4.09. The third-order valence-electron chi connectivity index (χ3n) is 4.09. The van der Waals surface area contributed by atoms with Crippen molar-refractivity contribution >= 4 is 0 Å². The van der Waals surface area contributed by atoms with Crippen LogP contribution in [0.15, 0.2) is 4.52 Å². The van der Waals surface area contributed by atoms with E-state index in [2.05, 4.69) is 40.8 Å². The van der Waals surface area contributed by atoms with Crippen molar-refractivity contribution in [2.45, 2.75) is 39.3 Å². The highest BCUT2D eigenvalue weighted by molar-refractivity contribution is 4.96. The summed E-state index contributed by atoms with van der Waals surface area (Å²) in [7, 11) is 3.92. The van der Waals surface area contributed by atoms with Gasteiger partial charge in [-0.3, -0.25) is 9.80 Å². The smallest absolute Gasteiger partial charge is 0.245 e. The van der Waals surface area contributed by atoms with Crippen LogP contribution in [-0.4, -0.2) is 66.4 Å². The van der Waals surface area contributed by atoms with Crippen LogP contribution in [0.25, 0.3) is 0 Å². The lowest BCUT2D eigenvalue weighted by Gasteiger charge is -2.39. The van der Waals surface area contributed by atoms with Gasteiger partial charge in [-0.05, 0) is 26.3 Å². The number of methoxy groups -OCH3 is 1. The molecule has 0 aromatic carbocycles. The Morgan fingerprint density at radius 2 is 2.14 bits per heavy atom. The molecule has 120 valence electrons. The second-order valence-electron chi connectivity index (χ2n) is 6.42. The summed E-state index contributed by atoms with van der Waals surface area (Å²) in [5.74, 6) is 2.07. The van der Waals surface area contributed by atoms with Crippen molar-refractivity contribution in [2.24, 2.45) is 5.92 Å². The zero-order valence-electron chi connectivity index (χ0n) is 13.9. The Morgan fingerprint density at radius 3 is 2.71 bits per heavy atom. The summed E-state index contributed by atoms with van der Waals surface area (Å²) in [6.45, 7) is 10.3. The molecule has 6 heteroatoms.